The summed E-state index contributed by atoms with van der Waals surface area (Å²) in [6.07, 6.45) is 32.3. The van der Waals surface area contributed by atoms with E-state index in [0.717, 1.165) is 84.2 Å². The topological polar surface area (TPSA) is 108 Å². The number of allylic oxidation sites excluding steroid dienone is 4. The average molecular weight is 645 g/mol. The minimum absolute atomic E-state index is 0.231. The van der Waals surface area contributed by atoms with E-state index in [0.29, 0.717) is 6.42 Å². The summed E-state index contributed by atoms with van der Waals surface area (Å²) in [6.45, 7) is 3.78. The molecule has 0 aromatic carbocycles. The Morgan fingerprint density at radius 2 is 1.07 bits per heavy atom. The first-order valence-electron chi connectivity index (χ1n) is 17.5. The van der Waals surface area contributed by atoms with Crippen LogP contribution in [-0.2, 0) is 32.7 Å². The maximum absolute atomic E-state index is 12.4. The van der Waals surface area contributed by atoms with Crippen LogP contribution >= 0.6 is 7.82 Å². The number of esters is 2. The number of ether oxygens (including phenoxy) is 2. The van der Waals surface area contributed by atoms with Gasteiger partial charge in [-0.15, -0.1) is 0 Å². The predicted octanol–water partition coefficient (Wildman–Crippen LogP) is 10.3. The average Bonchev–Trinajstić information content (AvgIpc) is 3.01. The molecule has 9 heteroatoms. The standard InChI is InChI=1S/C35H65O8P/c1-4-6-8-10-12-14-16-17-18-19-20-22-23-25-27-29-34(36)41-31-33(32-42-44(38,39)40-3)43-35(37)30-28-26-24-21-15-13-11-9-7-5-2/h9,11,17-18,33H,4-8,10,12-16,19-32H2,1-3H3,(H,38,39)/b11-9-,18-17+/t33-/m1/s1. The largest absolute Gasteiger partial charge is 0.472 e. The second-order valence-corrected chi connectivity index (χ2v) is 13.2. The zero-order valence-corrected chi connectivity index (χ0v) is 29.2. The van der Waals surface area contributed by atoms with Crippen molar-refractivity contribution >= 4 is 19.8 Å². The molecule has 0 rings (SSSR count). The summed E-state index contributed by atoms with van der Waals surface area (Å²) in [6, 6.07) is 0. The summed E-state index contributed by atoms with van der Waals surface area (Å²) in [5, 5.41) is 0. The van der Waals surface area contributed by atoms with Crippen LogP contribution in [0.2, 0.25) is 0 Å². The molecule has 0 aromatic rings. The van der Waals surface area contributed by atoms with Gasteiger partial charge >= 0.3 is 19.8 Å². The molecule has 0 heterocycles. The quantitative estimate of drug-likeness (QED) is 0.0333. The molecular formula is C35H65O8P. The molecule has 0 saturated carbocycles. The SMILES string of the molecule is CCC/C=C\CCCCCCCC(=O)O[C@H](COC(=O)CCCCCCC/C=C/CCCCCCCC)COP(=O)(O)OC. The lowest BCUT2D eigenvalue weighted by atomic mass is 10.1. The number of phosphoric ester groups is 1. The van der Waals surface area contributed by atoms with Gasteiger partial charge in [0.1, 0.15) is 6.61 Å². The lowest BCUT2D eigenvalue weighted by molar-refractivity contribution is -0.161. The Kier molecular flexibility index (Phi) is 30.5. The number of rotatable bonds is 32. The smallest absolute Gasteiger partial charge is 0.462 e. The van der Waals surface area contributed by atoms with Gasteiger partial charge in [-0.25, -0.2) is 4.57 Å². The number of hydrogen-bond donors (Lipinski definition) is 1. The third-order valence-corrected chi connectivity index (χ3v) is 8.34. The van der Waals surface area contributed by atoms with E-state index < -0.39 is 26.5 Å². The highest BCUT2D eigenvalue weighted by atomic mass is 31.2. The molecule has 1 N–H and O–H groups in total. The van der Waals surface area contributed by atoms with Crippen molar-refractivity contribution in [1.82, 2.24) is 0 Å². The summed E-state index contributed by atoms with van der Waals surface area (Å²) in [5.74, 6) is -0.827. The van der Waals surface area contributed by atoms with E-state index in [-0.39, 0.29) is 25.4 Å². The van der Waals surface area contributed by atoms with Crippen molar-refractivity contribution in [2.24, 2.45) is 0 Å². The number of phosphoric acid groups is 1. The van der Waals surface area contributed by atoms with Crippen LogP contribution in [0.1, 0.15) is 162 Å². The molecule has 0 spiro atoms. The fourth-order valence-electron chi connectivity index (χ4n) is 4.65. The number of unbranched alkanes of at least 4 members (excludes halogenated alkanes) is 17. The number of carbonyl (C=O) groups excluding carboxylic acids is 2. The molecular weight excluding hydrogens is 579 g/mol. The molecule has 44 heavy (non-hydrogen) atoms. The van der Waals surface area contributed by atoms with Crippen molar-refractivity contribution in [1.29, 1.82) is 0 Å². The van der Waals surface area contributed by atoms with Gasteiger partial charge < -0.3 is 14.4 Å². The highest BCUT2D eigenvalue weighted by molar-refractivity contribution is 7.47. The van der Waals surface area contributed by atoms with Gasteiger partial charge in [0.05, 0.1) is 6.61 Å². The number of carbonyl (C=O) groups is 2. The van der Waals surface area contributed by atoms with Gasteiger partial charge in [0.25, 0.3) is 0 Å². The fourth-order valence-corrected chi connectivity index (χ4v) is 5.11. The van der Waals surface area contributed by atoms with Crippen molar-refractivity contribution in [3.63, 3.8) is 0 Å². The first-order chi connectivity index (χ1) is 21.3. The summed E-state index contributed by atoms with van der Waals surface area (Å²) in [7, 11) is -3.20. The van der Waals surface area contributed by atoms with Crippen molar-refractivity contribution in [2.45, 2.75) is 168 Å². The molecule has 0 aliphatic rings. The molecule has 0 saturated heterocycles. The van der Waals surface area contributed by atoms with E-state index in [4.69, 9.17) is 14.0 Å². The van der Waals surface area contributed by atoms with E-state index in [1.165, 1.54) is 51.4 Å². The van der Waals surface area contributed by atoms with E-state index in [2.05, 4.69) is 42.7 Å². The monoisotopic (exact) mass is 644 g/mol. The maximum atomic E-state index is 12.4. The Labute approximate surface area is 269 Å². The van der Waals surface area contributed by atoms with Crippen molar-refractivity contribution in [3.05, 3.63) is 24.3 Å². The summed E-state index contributed by atoms with van der Waals surface area (Å²) in [5.41, 5.74) is 0. The second-order valence-electron chi connectivity index (χ2n) is 11.6. The molecule has 0 bridgehead atoms. The molecule has 0 aromatic heterocycles. The van der Waals surface area contributed by atoms with Gasteiger partial charge in [0.2, 0.25) is 0 Å². The molecule has 0 aliphatic heterocycles. The minimum Gasteiger partial charge on any atom is -0.462 e. The highest BCUT2D eigenvalue weighted by Crippen LogP contribution is 2.42. The zero-order valence-electron chi connectivity index (χ0n) is 28.3. The third-order valence-electron chi connectivity index (χ3n) is 7.40. The second kappa shape index (κ2) is 31.5. The zero-order chi connectivity index (χ0) is 32.6. The first-order valence-corrected chi connectivity index (χ1v) is 19.0. The van der Waals surface area contributed by atoms with Crippen LogP contribution in [0.5, 0.6) is 0 Å². The Morgan fingerprint density at radius 1 is 0.614 bits per heavy atom. The van der Waals surface area contributed by atoms with Crippen LogP contribution in [0.15, 0.2) is 24.3 Å². The minimum atomic E-state index is -4.25. The lowest BCUT2D eigenvalue weighted by Gasteiger charge is -2.19. The van der Waals surface area contributed by atoms with Crippen LogP contribution in [0, 0.1) is 0 Å². The van der Waals surface area contributed by atoms with Crippen molar-refractivity contribution in [2.75, 3.05) is 20.3 Å². The van der Waals surface area contributed by atoms with Gasteiger partial charge in [0, 0.05) is 20.0 Å². The van der Waals surface area contributed by atoms with E-state index >= 15 is 0 Å². The molecule has 0 fully saturated rings. The molecule has 0 radical (unpaired) electrons. The molecule has 1 unspecified atom stereocenters. The van der Waals surface area contributed by atoms with Crippen molar-refractivity contribution in [3.8, 4) is 0 Å². The molecule has 0 aliphatic carbocycles. The molecule has 0 amide bonds. The predicted molar refractivity (Wildman–Crippen MR) is 179 cm³/mol. The van der Waals surface area contributed by atoms with Crippen LogP contribution in [-0.4, -0.2) is 43.3 Å². The Balaban J connectivity index is 4.09. The summed E-state index contributed by atoms with van der Waals surface area (Å²) < 4.78 is 31.7. The Bertz CT molecular complexity index is 783. The molecule has 258 valence electrons. The lowest BCUT2D eigenvalue weighted by Crippen LogP contribution is -2.29. The van der Waals surface area contributed by atoms with E-state index in [1.54, 1.807) is 0 Å². The summed E-state index contributed by atoms with van der Waals surface area (Å²) in [4.78, 5) is 34.2. The van der Waals surface area contributed by atoms with Crippen LogP contribution in [0.4, 0.5) is 0 Å². The van der Waals surface area contributed by atoms with E-state index in [9.17, 15) is 19.0 Å². The highest BCUT2D eigenvalue weighted by Gasteiger charge is 2.24. The Hall–Kier alpha value is -1.47. The third kappa shape index (κ3) is 30.6. The van der Waals surface area contributed by atoms with Crippen LogP contribution in [0.25, 0.3) is 0 Å². The van der Waals surface area contributed by atoms with Crippen LogP contribution in [0.3, 0.4) is 0 Å². The normalized spacial score (nSPS) is 13.8. The van der Waals surface area contributed by atoms with Gasteiger partial charge in [-0.1, -0.05) is 115 Å². The summed E-state index contributed by atoms with van der Waals surface area (Å²) >= 11 is 0. The van der Waals surface area contributed by atoms with Gasteiger partial charge in [-0.3, -0.25) is 18.6 Å². The van der Waals surface area contributed by atoms with Crippen LogP contribution < -0.4 is 0 Å². The fraction of sp³-hybridized carbons (Fsp3) is 0.829. The van der Waals surface area contributed by atoms with Gasteiger partial charge in [0.15, 0.2) is 6.10 Å². The van der Waals surface area contributed by atoms with E-state index in [1.807, 2.05) is 0 Å². The molecule has 8 nitrogen and oxygen atoms in total. The molecule has 2 atom stereocenters. The van der Waals surface area contributed by atoms with Gasteiger partial charge in [-0.2, -0.15) is 0 Å². The number of hydrogen-bond acceptors (Lipinski definition) is 7. The Morgan fingerprint density at radius 3 is 1.57 bits per heavy atom. The van der Waals surface area contributed by atoms with Gasteiger partial charge in [-0.05, 0) is 57.8 Å². The maximum Gasteiger partial charge on any atom is 0.472 e. The van der Waals surface area contributed by atoms with Crippen molar-refractivity contribution < 1.29 is 37.6 Å². The first kappa shape index (κ1) is 42.5.